The normalized spacial score (nSPS) is 21.2. The van der Waals surface area contributed by atoms with E-state index in [9.17, 15) is 4.79 Å². The van der Waals surface area contributed by atoms with Gasteiger partial charge in [-0.2, -0.15) is 0 Å². The Bertz CT molecular complexity index is 847. The summed E-state index contributed by atoms with van der Waals surface area (Å²) in [5.74, 6) is 0.158. The van der Waals surface area contributed by atoms with Crippen LogP contribution in [-0.2, 0) is 0 Å². The van der Waals surface area contributed by atoms with E-state index < -0.39 is 0 Å². The lowest BCUT2D eigenvalue weighted by atomic mass is 10.0. The standard InChI is InChI=1S/C21H27ClN4OS/c1-15-20(28-16(2)23-15)21(27)26-8-4-7-19(14-26)25-11-9-24(10-12-25)18-6-3-5-17(22)13-18/h3,5-6,13,19H,4,7-12,14H2,1-2H3/t19-/m1/s1. The number of hydrogen-bond donors (Lipinski definition) is 0. The predicted molar refractivity (Wildman–Crippen MR) is 116 cm³/mol. The molecule has 0 N–H and O–H groups in total. The van der Waals surface area contributed by atoms with Gasteiger partial charge in [-0.15, -0.1) is 11.3 Å². The quantitative estimate of drug-likeness (QED) is 0.759. The highest BCUT2D eigenvalue weighted by Crippen LogP contribution is 2.25. The summed E-state index contributed by atoms with van der Waals surface area (Å²) in [6.45, 7) is 9.63. The number of thiazole rings is 1. The Kier molecular flexibility index (Phi) is 5.90. The molecule has 5 nitrogen and oxygen atoms in total. The van der Waals surface area contributed by atoms with E-state index in [-0.39, 0.29) is 5.91 Å². The summed E-state index contributed by atoms with van der Waals surface area (Å²) in [4.78, 5) is 25.2. The first-order valence-electron chi connectivity index (χ1n) is 9.99. The molecule has 0 unspecified atom stereocenters. The number of benzene rings is 1. The van der Waals surface area contributed by atoms with Gasteiger partial charge in [0.25, 0.3) is 5.91 Å². The lowest BCUT2D eigenvalue weighted by Crippen LogP contribution is -2.55. The van der Waals surface area contributed by atoms with Gasteiger partial charge in [0.05, 0.1) is 10.7 Å². The number of piperidine rings is 1. The average molecular weight is 419 g/mol. The smallest absolute Gasteiger partial charge is 0.265 e. The van der Waals surface area contributed by atoms with Crippen LogP contribution < -0.4 is 4.90 Å². The minimum Gasteiger partial charge on any atom is -0.369 e. The van der Waals surface area contributed by atoms with Gasteiger partial charge < -0.3 is 9.80 Å². The van der Waals surface area contributed by atoms with Crippen LogP contribution in [-0.4, -0.2) is 66.0 Å². The second kappa shape index (κ2) is 8.39. The molecule has 0 saturated carbocycles. The van der Waals surface area contributed by atoms with Gasteiger partial charge in [-0.1, -0.05) is 17.7 Å². The Labute approximate surface area is 175 Å². The minimum absolute atomic E-state index is 0.158. The highest BCUT2D eigenvalue weighted by molar-refractivity contribution is 7.13. The number of carbonyl (C=O) groups excluding carboxylic acids is 1. The van der Waals surface area contributed by atoms with Gasteiger partial charge in [0, 0.05) is 56.0 Å². The van der Waals surface area contributed by atoms with Crippen molar-refractivity contribution in [2.24, 2.45) is 0 Å². The predicted octanol–water partition coefficient (Wildman–Crippen LogP) is 3.84. The molecule has 3 heterocycles. The molecular weight excluding hydrogens is 392 g/mol. The summed E-state index contributed by atoms with van der Waals surface area (Å²) in [5.41, 5.74) is 2.06. The van der Waals surface area contributed by atoms with Gasteiger partial charge in [-0.25, -0.2) is 4.98 Å². The van der Waals surface area contributed by atoms with Crippen molar-refractivity contribution in [2.75, 3.05) is 44.2 Å². The summed E-state index contributed by atoms with van der Waals surface area (Å²) in [5, 5.41) is 1.75. The van der Waals surface area contributed by atoms with Gasteiger partial charge in [0.1, 0.15) is 4.88 Å². The van der Waals surface area contributed by atoms with Crippen LogP contribution in [0.1, 0.15) is 33.2 Å². The molecule has 2 aromatic rings. The van der Waals surface area contributed by atoms with Gasteiger partial charge >= 0.3 is 0 Å². The van der Waals surface area contributed by atoms with Crippen molar-refractivity contribution >= 4 is 34.5 Å². The maximum atomic E-state index is 13.0. The van der Waals surface area contributed by atoms with E-state index in [1.165, 1.54) is 23.4 Å². The second-order valence-electron chi connectivity index (χ2n) is 7.70. The zero-order valence-corrected chi connectivity index (χ0v) is 18.1. The van der Waals surface area contributed by atoms with Crippen LogP contribution in [0.15, 0.2) is 24.3 Å². The molecule has 1 aromatic heterocycles. The number of anilines is 1. The summed E-state index contributed by atoms with van der Waals surface area (Å²) in [7, 11) is 0. The van der Waals surface area contributed by atoms with E-state index >= 15 is 0 Å². The maximum absolute atomic E-state index is 13.0. The number of rotatable bonds is 3. The summed E-state index contributed by atoms with van der Waals surface area (Å²) >= 11 is 7.66. The molecule has 28 heavy (non-hydrogen) atoms. The maximum Gasteiger partial charge on any atom is 0.265 e. The van der Waals surface area contributed by atoms with Crippen LogP contribution in [0.25, 0.3) is 0 Å². The molecule has 4 rings (SSSR count). The summed E-state index contributed by atoms with van der Waals surface area (Å²) < 4.78 is 0. The first-order valence-corrected chi connectivity index (χ1v) is 11.2. The molecule has 0 spiro atoms. The van der Waals surface area contributed by atoms with Crippen LogP contribution in [0.3, 0.4) is 0 Å². The highest BCUT2D eigenvalue weighted by Gasteiger charge is 2.31. The number of carbonyl (C=O) groups is 1. The van der Waals surface area contributed by atoms with E-state index in [1.807, 2.05) is 36.9 Å². The molecule has 7 heteroatoms. The molecule has 0 aliphatic carbocycles. The van der Waals surface area contributed by atoms with Crippen LogP contribution in [0.4, 0.5) is 5.69 Å². The van der Waals surface area contributed by atoms with Crippen molar-refractivity contribution in [1.29, 1.82) is 0 Å². The van der Waals surface area contributed by atoms with Crippen LogP contribution in [0, 0.1) is 13.8 Å². The topological polar surface area (TPSA) is 39.7 Å². The van der Waals surface area contributed by atoms with Crippen LogP contribution in [0.5, 0.6) is 0 Å². The van der Waals surface area contributed by atoms with Crippen LogP contribution >= 0.6 is 22.9 Å². The second-order valence-corrected chi connectivity index (χ2v) is 9.34. The van der Waals surface area contributed by atoms with E-state index in [0.29, 0.717) is 6.04 Å². The lowest BCUT2D eigenvalue weighted by Gasteiger charge is -2.44. The monoisotopic (exact) mass is 418 g/mol. The Morgan fingerprint density at radius 3 is 2.64 bits per heavy atom. The average Bonchev–Trinajstić information content (AvgIpc) is 3.05. The Morgan fingerprint density at radius 2 is 1.96 bits per heavy atom. The highest BCUT2D eigenvalue weighted by atomic mass is 35.5. The lowest BCUT2D eigenvalue weighted by molar-refractivity contribution is 0.0567. The molecule has 2 aliphatic rings. The molecule has 2 aliphatic heterocycles. The molecule has 0 bridgehead atoms. The molecule has 150 valence electrons. The van der Waals surface area contributed by atoms with Crippen molar-refractivity contribution in [1.82, 2.24) is 14.8 Å². The zero-order chi connectivity index (χ0) is 19.7. The summed E-state index contributed by atoms with van der Waals surface area (Å²) in [6, 6.07) is 8.55. The largest absolute Gasteiger partial charge is 0.369 e. The van der Waals surface area contributed by atoms with Crippen molar-refractivity contribution in [3.63, 3.8) is 0 Å². The number of likely N-dealkylation sites (tertiary alicyclic amines) is 1. The molecule has 1 atom stereocenters. The van der Waals surface area contributed by atoms with Crippen molar-refractivity contribution < 1.29 is 4.79 Å². The van der Waals surface area contributed by atoms with E-state index in [4.69, 9.17) is 11.6 Å². The Morgan fingerprint density at radius 1 is 1.18 bits per heavy atom. The SMILES string of the molecule is Cc1nc(C)c(C(=O)N2CCC[C@@H](N3CCN(c4cccc(Cl)c4)CC3)C2)s1. The van der Waals surface area contributed by atoms with Crippen molar-refractivity contribution in [3.8, 4) is 0 Å². The number of halogens is 1. The fraction of sp³-hybridized carbons (Fsp3) is 0.524. The molecule has 1 aromatic carbocycles. The Hall–Kier alpha value is -1.63. The first kappa shape index (κ1) is 19.7. The van der Waals surface area contributed by atoms with E-state index in [0.717, 1.165) is 66.3 Å². The number of nitrogens with zero attached hydrogens (tertiary/aromatic N) is 4. The van der Waals surface area contributed by atoms with E-state index in [1.54, 1.807) is 0 Å². The number of amides is 1. The zero-order valence-electron chi connectivity index (χ0n) is 16.5. The first-order chi connectivity index (χ1) is 13.5. The third-order valence-electron chi connectivity index (χ3n) is 5.79. The minimum atomic E-state index is 0.158. The number of hydrogen-bond acceptors (Lipinski definition) is 5. The molecule has 2 fully saturated rings. The molecular formula is C21H27ClN4OS. The van der Waals surface area contributed by atoms with Crippen molar-refractivity contribution in [3.05, 3.63) is 44.9 Å². The Balaban J connectivity index is 1.36. The van der Waals surface area contributed by atoms with Gasteiger partial charge in [-0.3, -0.25) is 9.69 Å². The van der Waals surface area contributed by atoms with Crippen molar-refractivity contribution in [2.45, 2.75) is 32.7 Å². The molecule has 2 saturated heterocycles. The fourth-order valence-corrected chi connectivity index (χ4v) is 5.40. The van der Waals surface area contributed by atoms with Crippen LogP contribution in [0.2, 0.25) is 5.02 Å². The summed E-state index contributed by atoms with van der Waals surface area (Å²) in [6.07, 6.45) is 2.24. The van der Waals surface area contributed by atoms with Gasteiger partial charge in [0.15, 0.2) is 0 Å². The number of piperazine rings is 1. The number of aryl methyl sites for hydroxylation is 2. The fourth-order valence-electron chi connectivity index (χ4n) is 4.33. The van der Waals surface area contributed by atoms with Gasteiger partial charge in [0.2, 0.25) is 0 Å². The molecule has 1 amide bonds. The van der Waals surface area contributed by atoms with E-state index in [2.05, 4.69) is 20.9 Å². The third-order valence-corrected chi connectivity index (χ3v) is 7.08. The van der Waals surface area contributed by atoms with Gasteiger partial charge in [-0.05, 0) is 44.9 Å². The third kappa shape index (κ3) is 4.19. The molecule has 0 radical (unpaired) electrons. The number of aromatic nitrogens is 1.